The lowest BCUT2D eigenvalue weighted by Gasteiger charge is -2.27. The number of likely N-dealkylation sites (tertiary alicyclic amines) is 1. The van der Waals surface area contributed by atoms with E-state index >= 15 is 0 Å². The van der Waals surface area contributed by atoms with E-state index in [1.165, 1.54) is 12.1 Å². The largest absolute Gasteiger partial charge is 0.494 e. The Hall–Kier alpha value is -3.15. The number of carbonyl (C=O) groups is 1. The number of benzene rings is 2. The number of hydrogen-bond donors (Lipinski definition) is 1. The molecule has 5 nitrogen and oxygen atoms in total. The molecule has 6 heteroatoms. The van der Waals surface area contributed by atoms with Crippen molar-refractivity contribution in [3.05, 3.63) is 65.6 Å². The van der Waals surface area contributed by atoms with Gasteiger partial charge in [-0.3, -0.25) is 9.78 Å². The summed E-state index contributed by atoms with van der Waals surface area (Å²) in [6, 6.07) is 12.3. The Labute approximate surface area is 175 Å². The van der Waals surface area contributed by atoms with Gasteiger partial charge in [0, 0.05) is 31.2 Å². The van der Waals surface area contributed by atoms with Crippen LogP contribution in [0.2, 0.25) is 0 Å². The van der Waals surface area contributed by atoms with Crippen LogP contribution < -0.4 is 10.1 Å². The third-order valence-electron chi connectivity index (χ3n) is 5.38. The second-order valence-electron chi connectivity index (χ2n) is 7.50. The van der Waals surface area contributed by atoms with Gasteiger partial charge >= 0.3 is 0 Å². The SMILES string of the molecule is CCOc1cccc(CNc2c(C(=O)N3CCCCC3)cnc3ccc(F)cc23)c1. The third-order valence-corrected chi connectivity index (χ3v) is 5.38. The number of anilines is 1. The van der Waals surface area contributed by atoms with E-state index in [1.807, 2.05) is 36.1 Å². The molecule has 1 amide bonds. The first-order valence-corrected chi connectivity index (χ1v) is 10.5. The summed E-state index contributed by atoms with van der Waals surface area (Å²) in [5.74, 6) is 0.388. The average Bonchev–Trinajstić information content (AvgIpc) is 2.78. The van der Waals surface area contributed by atoms with Gasteiger partial charge in [-0.05, 0) is 62.1 Å². The fourth-order valence-electron chi connectivity index (χ4n) is 3.89. The van der Waals surface area contributed by atoms with Gasteiger partial charge in [-0.15, -0.1) is 0 Å². The summed E-state index contributed by atoms with van der Waals surface area (Å²) in [4.78, 5) is 19.5. The van der Waals surface area contributed by atoms with Crippen molar-refractivity contribution in [3.8, 4) is 5.75 Å². The van der Waals surface area contributed by atoms with Crippen LogP contribution in [0.4, 0.5) is 10.1 Å². The minimum atomic E-state index is -0.353. The van der Waals surface area contributed by atoms with E-state index in [9.17, 15) is 9.18 Å². The first-order chi connectivity index (χ1) is 14.7. The molecule has 30 heavy (non-hydrogen) atoms. The summed E-state index contributed by atoms with van der Waals surface area (Å²) in [5, 5.41) is 3.99. The Morgan fingerprint density at radius 3 is 2.80 bits per heavy atom. The zero-order valence-electron chi connectivity index (χ0n) is 17.2. The minimum Gasteiger partial charge on any atom is -0.494 e. The molecule has 0 aliphatic carbocycles. The number of fused-ring (bicyclic) bond motifs is 1. The molecule has 0 radical (unpaired) electrons. The lowest BCUT2D eigenvalue weighted by atomic mass is 10.1. The second-order valence-corrected chi connectivity index (χ2v) is 7.50. The molecular formula is C24H26FN3O2. The van der Waals surface area contributed by atoms with Crippen molar-refractivity contribution >= 4 is 22.5 Å². The van der Waals surface area contributed by atoms with Crippen LogP contribution in [0.15, 0.2) is 48.7 Å². The molecule has 1 fully saturated rings. The number of ether oxygens (including phenoxy) is 1. The monoisotopic (exact) mass is 407 g/mol. The van der Waals surface area contributed by atoms with Crippen LogP contribution in [0.5, 0.6) is 5.75 Å². The molecule has 3 aromatic rings. The number of amides is 1. The van der Waals surface area contributed by atoms with E-state index in [2.05, 4.69) is 10.3 Å². The van der Waals surface area contributed by atoms with Crippen molar-refractivity contribution in [2.24, 2.45) is 0 Å². The Morgan fingerprint density at radius 2 is 2.00 bits per heavy atom. The minimum absolute atomic E-state index is 0.0565. The number of nitrogens with one attached hydrogen (secondary N) is 1. The molecule has 0 spiro atoms. The van der Waals surface area contributed by atoms with Crippen molar-refractivity contribution in [1.82, 2.24) is 9.88 Å². The van der Waals surface area contributed by atoms with Crippen LogP contribution in [-0.4, -0.2) is 35.5 Å². The van der Waals surface area contributed by atoms with E-state index in [1.54, 1.807) is 12.3 Å². The number of piperidine rings is 1. The Bertz CT molecular complexity index is 1050. The Kier molecular flexibility index (Phi) is 6.12. The smallest absolute Gasteiger partial charge is 0.257 e. The maximum absolute atomic E-state index is 14.0. The number of aromatic nitrogens is 1. The fourth-order valence-corrected chi connectivity index (χ4v) is 3.89. The number of carbonyl (C=O) groups excluding carboxylic acids is 1. The highest BCUT2D eigenvalue weighted by atomic mass is 19.1. The van der Waals surface area contributed by atoms with E-state index in [0.29, 0.717) is 35.3 Å². The quantitative estimate of drug-likeness (QED) is 0.624. The standard InChI is InChI=1S/C24H26FN3O2/c1-2-30-19-8-6-7-17(13-19)15-27-23-20-14-18(25)9-10-22(20)26-16-21(23)24(29)28-11-4-3-5-12-28/h6-10,13-14,16H,2-5,11-12,15H2,1H3,(H,26,27). The van der Waals surface area contributed by atoms with E-state index in [0.717, 1.165) is 43.7 Å². The lowest BCUT2D eigenvalue weighted by molar-refractivity contribution is 0.0725. The van der Waals surface area contributed by atoms with Gasteiger partial charge in [0.1, 0.15) is 11.6 Å². The first kappa shape index (κ1) is 20.1. The summed E-state index contributed by atoms with van der Waals surface area (Å²) in [5.41, 5.74) is 2.77. The van der Waals surface area contributed by atoms with Crippen LogP contribution in [0.3, 0.4) is 0 Å². The molecule has 1 aliphatic rings. The Balaban J connectivity index is 1.69. The number of halogens is 1. The molecule has 2 aromatic carbocycles. The summed E-state index contributed by atoms with van der Waals surface area (Å²) in [6.45, 7) is 4.52. The fraction of sp³-hybridized carbons (Fsp3) is 0.333. The molecule has 1 N–H and O–H groups in total. The summed E-state index contributed by atoms with van der Waals surface area (Å²) >= 11 is 0. The Morgan fingerprint density at radius 1 is 1.17 bits per heavy atom. The molecule has 0 atom stereocenters. The molecule has 2 heterocycles. The highest BCUT2D eigenvalue weighted by Crippen LogP contribution is 2.29. The lowest BCUT2D eigenvalue weighted by Crippen LogP contribution is -2.36. The van der Waals surface area contributed by atoms with Gasteiger partial charge in [-0.1, -0.05) is 12.1 Å². The van der Waals surface area contributed by atoms with E-state index < -0.39 is 0 Å². The van der Waals surface area contributed by atoms with Gasteiger partial charge in [0.05, 0.1) is 23.4 Å². The van der Waals surface area contributed by atoms with Crippen molar-refractivity contribution < 1.29 is 13.9 Å². The highest BCUT2D eigenvalue weighted by molar-refractivity contribution is 6.07. The molecule has 4 rings (SSSR count). The number of pyridine rings is 1. The molecule has 0 saturated carbocycles. The number of nitrogens with zero attached hydrogens (tertiary/aromatic N) is 2. The maximum atomic E-state index is 14.0. The summed E-state index contributed by atoms with van der Waals surface area (Å²) in [6.07, 6.45) is 4.77. The number of hydrogen-bond acceptors (Lipinski definition) is 4. The van der Waals surface area contributed by atoms with Gasteiger partial charge in [0.25, 0.3) is 5.91 Å². The summed E-state index contributed by atoms with van der Waals surface area (Å²) < 4.78 is 19.6. The van der Waals surface area contributed by atoms with Gasteiger partial charge in [-0.25, -0.2) is 4.39 Å². The third kappa shape index (κ3) is 4.37. The van der Waals surface area contributed by atoms with Crippen molar-refractivity contribution in [3.63, 3.8) is 0 Å². The predicted molar refractivity (Wildman–Crippen MR) is 116 cm³/mol. The molecule has 0 unspecified atom stereocenters. The van der Waals surface area contributed by atoms with Crippen molar-refractivity contribution in [2.45, 2.75) is 32.7 Å². The second kappa shape index (κ2) is 9.11. The normalized spacial score (nSPS) is 14.0. The molecule has 1 saturated heterocycles. The van der Waals surface area contributed by atoms with Crippen LogP contribution in [-0.2, 0) is 6.54 Å². The van der Waals surface area contributed by atoms with E-state index in [-0.39, 0.29) is 11.7 Å². The maximum Gasteiger partial charge on any atom is 0.257 e. The zero-order chi connectivity index (χ0) is 20.9. The molecule has 0 bridgehead atoms. The molecule has 156 valence electrons. The van der Waals surface area contributed by atoms with Crippen molar-refractivity contribution in [1.29, 1.82) is 0 Å². The van der Waals surface area contributed by atoms with Crippen LogP contribution in [0.1, 0.15) is 42.1 Å². The highest BCUT2D eigenvalue weighted by Gasteiger charge is 2.23. The zero-order valence-corrected chi connectivity index (χ0v) is 17.2. The first-order valence-electron chi connectivity index (χ1n) is 10.5. The number of rotatable bonds is 6. The topological polar surface area (TPSA) is 54.5 Å². The van der Waals surface area contributed by atoms with Crippen molar-refractivity contribution in [2.75, 3.05) is 25.0 Å². The molecule has 1 aliphatic heterocycles. The van der Waals surface area contributed by atoms with Gasteiger partial charge in [0.15, 0.2) is 0 Å². The molecular weight excluding hydrogens is 381 g/mol. The average molecular weight is 407 g/mol. The van der Waals surface area contributed by atoms with Gasteiger partial charge in [0.2, 0.25) is 0 Å². The van der Waals surface area contributed by atoms with Crippen LogP contribution in [0, 0.1) is 5.82 Å². The predicted octanol–water partition coefficient (Wildman–Crippen LogP) is 5.01. The summed E-state index contributed by atoms with van der Waals surface area (Å²) in [7, 11) is 0. The van der Waals surface area contributed by atoms with Crippen LogP contribution in [0.25, 0.3) is 10.9 Å². The van der Waals surface area contributed by atoms with Gasteiger partial charge in [-0.2, -0.15) is 0 Å². The van der Waals surface area contributed by atoms with E-state index in [4.69, 9.17) is 4.74 Å². The van der Waals surface area contributed by atoms with Crippen LogP contribution >= 0.6 is 0 Å². The molecule has 1 aromatic heterocycles. The van der Waals surface area contributed by atoms with Gasteiger partial charge < -0.3 is 15.0 Å².